The van der Waals surface area contributed by atoms with E-state index in [0.29, 0.717) is 17.9 Å². The van der Waals surface area contributed by atoms with E-state index in [1.165, 1.54) is 0 Å². The number of hydrogen-bond acceptors (Lipinski definition) is 10. The Labute approximate surface area is 359 Å². The summed E-state index contributed by atoms with van der Waals surface area (Å²) in [5.74, 6) is -3.31. The van der Waals surface area contributed by atoms with Gasteiger partial charge < -0.3 is 44.9 Å². The van der Waals surface area contributed by atoms with Gasteiger partial charge in [0.25, 0.3) is 0 Å². The SMILES string of the molecule is CC(C)CC(NC(=O)[C@H](Cc1cncn1COCc1ccccc1)NC(=O)OC(C)(C)C)C(O)CN(C(=O)OCc1ccccc1)[C@@H](CC(C)C)C(=O)N[C@H](C(=O)O)C(C)C. The van der Waals surface area contributed by atoms with Crippen LogP contribution in [0.2, 0.25) is 0 Å². The van der Waals surface area contributed by atoms with Crippen molar-refractivity contribution in [1.82, 2.24) is 30.4 Å². The van der Waals surface area contributed by atoms with Crippen LogP contribution < -0.4 is 16.0 Å². The van der Waals surface area contributed by atoms with Gasteiger partial charge in [-0.15, -0.1) is 0 Å². The molecule has 0 saturated carbocycles. The Morgan fingerprint density at radius 2 is 1.39 bits per heavy atom. The molecule has 2 unspecified atom stereocenters. The van der Waals surface area contributed by atoms with Crippen LogP contribution in [0.1, 0.15) is 92.0 Å². The summed E-state index contributed by atoms with van der Waals surface area (Å²) in [6.07, 6.45) is 0.226. The second-order valence-electron chi connectivity index (χ2n) is 17.4. The monoisotopic (exact) mass is 850 g/mol. The van der Waals surface area contributed by atoms with Gasteiger partial charge in [0, 0.05) is 18.3 Å². The number of aliphatic hydroxyl groups excluding tert-OH is 1. The molecule has 3 aromatic rings. The number of aliphatic carboxylic acids is 1. The van der Waals surface area contributed by atoms with Crippen LogP contribution >= 0.6 is 0 Å². The maximum Gasteiger partial charge on any atom is 0.410 e. The number of rotatable bonds is 23. The highest BCUT2D eigenvalue weighted by atomic mass is 16.6. The van der Waals surface area contributed by atoms with E-state index in [4.69, 9.17) is 14.2 Å². The van der Waals surface area contributed by atoms with Gasteiger partial charge in [-0.1, -0.05) is 102 Å². The summed E-state index contributed by atoms with van der Waals surface area (Å²) in [5.41, 5.74) is 1.36. The fourth-order valence-corrected chi connectivity index (χ4v) is 6.49. The van der Waals surface area contributed by atoms with Crippen molar-refractivity contribution in [1.29, 1.82) is 0 Å². The normalized spacial score (nSPS) is 14.1. The predicted molar refractivity (Wildman–Crippen MR) is 229 cm³/mol. The topological polar surface area (TPSA) is 211 Å². The van der Waals surface area contributed by atoms with Gasteiger partial charge in [0.1, 0.15) is 37.1 Å². The van der Waals surface area contributed by atoms with E-state index < -0.39 is 78.3 Å². The van der Waals surface area contributed by atoms with Crippen LogP contribution in [0.5, 0.6) is 0 Å². The largest absolute Gasteiger partial charge is 0.480 e. The number of carbonyl (C=O) groups is 5. The Morgan fingerprint density at radius 3 is 1.93 bits per heavy atom. The number of hydrogen-bond donors (Lipinski definition) is 5. The number of amides is 4. The first-order valence-electron chi connectivity index (χ1n) is 20.8. The molecule has 61 heavy (non-hydrogen) atoms. The maximum atomic E-state index is 14.3. The quantitative estimate of drug-likeness (QED) is 0.0786. The number of nitrogens with one attached hydrogen (secondary N) is 3. The highest BCUT2D eigenvalue weighted by molar-refractivity contribution is 5.89. The number of imidazole rings is 1. The molecule has 0 saturated heterocycles. The zero-order valence-corrected chi connectivity index (χ0v) is 37.0. The minimum Gasteiger partial charge on any atom is -0.480 e. The summed E-state index contributed by atoms with van der Waals surface area (Å²) in [5, 5.41) is 30.1. The van der Waals surface area contributed by atoms with Crippen molar-refractivity contribution in [2.75, 3.05) is 6.54 Å². The maximum absolute atomic E-state index is 14.3. The summed E-state index contributed by atoms with van der Waals surface area (Å²) < 4.78 is 18.8. The van der Waals surface area contributed by atoms with E-state index >= 15 is 0 Å². The van der Waals surface area contributed by atoms with Crippen LogP contribution in [0, 0.1) is 17.8 Å². The average molecular weight is 851 g/mol. The van der Waals surface area contributed by atoms with E-state index in [1.807, 2.05) is 64.1 Å². The third-order valence-electron chi connectivity index (χ3n) is 9.51. The lowest BCUT2D eigenvalue weighted by Crippen LogP contribution is -2.59. The van der Waals surface area contributed by atoms with Crippen LogP contribution in [0.25, 0.3) is 0 Å². The van der Waals surface area contributed by atoms with Crippen molar-refractivity contribution >= 4 is 30.0 Å². The lowest BCUT2D eigenvalue weighted by Gasteiger charge is -2.36. The molecule has 0 aliphatic heterocycles. The first-order chi connectivity index (χ1) is 28.7. The Kier molecular flexibility index (Phi) is 19.7. The zero-order chi connectivity index (χ0) is 45.3. The fourth-order valence-electron chi connectivity index (χ4n) is 6.49. The molecule has 0 aliphatic carbocycles. The van der Waals surface area contributed by atoms with E-state index in [-0.39, 0.29) is 44.4 Å². The standard InChI is InChI=1S/C45H66N6O10/c1-29(2)20-35(47-40(53)36(48-43(57)61-45(7,8)9)22-34-23-46-27-50(34)28-59-25-32-16-12-10-13-17-32)38(52)24-51(44(58)60-26-33-18-14-11-15-19-33)37(21-30(3)4)41(54)49-39(31(5)6)42(55)56/h10-19,23,27,29-31,35-39,52H,20-22,24-26,28H2,1-9H3,(H,47,53)(H,48,57)(H,49,54)(H,55,56)/t35?,36-,37-,38?,39-/m0/s1. The molecule has 0 fully saturated rings. The van der Waals surface area contributed by atoms with Crippen molar-refractivity contribution in [2.45, 2.75) is 137 Å². The number of alkyl carbamates (subject to hydrolysis) is 1. The van der Waals surface area contributed by atoms with Gasteiger partial charge in [0.15, 0.2) is 0 Å². The van der Waals surface area contributed by atoms with Crippen molar-refractivity contribution in [3.8, 4) is 0 Å². The van der Waals surface area contributed by atoms with Crippen molar-refractivity contribution in [3.63, 3.8) is 0 Å². The number of aromatic nitrogens is 2. The number of benzene rings is 2. The summed E-state index contributed by atoms with van der Waals surface area (Å²) in [6.45, 7) is 15.8. The number of nitrogens with zero attached hydrogens (tertiary/aromatic N) is 3. The minimum absolute atomic E-state index is 0.0283. The second kappa shape index (κ2) is 24.1. The first-order valence-corrected chi connectivity index (χ1v) is 20.8. The van der Waals surface area contributed by atoms with Gasteiger partial charge >= 0.3 is 18.2 Å². The number of aliphatic hydroxyl groups is 1. The summed E-state index contributed by atoms with van der Waals surface area (Å²) >= 11 is 0. The van der Waals surface area contributed by atoms with Crippen LogP contribution in [0.4, 0.5) is 9.59 Å². The molecule has 0 radical (unpaired) electrons. The highest BCUT2D eigenvalue weighted by Gasteiger charge is 2.38. The van der Waals surface area contributed by atoms with Crippen molar-refractivity contribution in [2.24, 2.45) is 17.8 Å². The fraction of sp³-hybridized carbons (Fsp3) is 0.556. The van der Waals surface area contributed by atoms with Gasteiger partial charge in [0.2, 0.25) is 11.8 Å². The van der Waals surface area contributed by atoms with Crippen molar-refractivity contribution < 1.29 is 48.4 Å². The molecule has 5 N–H and O–H groups in total. The molecule has 16 heteroatoms. The van der Waals surface area contributed by atoms with Gasteiger partial charge in [0.05, 0.1) is 31.6 Å². The Morgan fingerprint density at radius 1 is 0.803 bits per heavy atom. The molecule has 0 spiro atoms. The van der Waals surface area contributed by atoms with Crippen LogP contribution in [-0.4, -0.2) is 97.1 Å². The van der Waals surface area contributed by atoms with E-state index in [9.17, 15) is 34.2 Å². The number of ether oxygens (including phenoxy) is 3. The van der Waals surface area contributed by atoms with Gasteiger partial charge in [-0.05, 0) is 62.5 Å². The molecule has 2 aromatic carbocycles. The summed E-state index contributed by atoms with van der Waals surface area (Å²) in [7, 11) is 0. The predicted octanol–water partition coefficient (Wildman–Crippen LogP) is 5.66. The average Bonchev–Trinajstić information content (AvgIpc) is 3.62. The Balaban J connectivity index is 1.95. The smallest absolute Gasteiger partial charge is 0.410 e. The zero-order valence-electron chi connectivity index (χ0n) is 37.0. The molecule has 3 rings (SSSR count). The lowest BCUT2D eigenvalue weighted by atomic mass is 9.96. The molecule has 1 heterocycles. The molecular weight excluding hydrogens is 785 g/mol. The summed E-state index contributed by atoms with van der Waals surface area (Å²) in [6, 6.07) is 13.8. The third-order valence-corrected chi connectivity index (χ3v) is 9.51. The van der Waals surface area contributed by atoms with Gasteiger partial charge in [-0.3, -0.25) is 14.5 Å². The number of carbonyl (C=O) groups excluding carboxylic acids is 4. The highest BCUT2D eigenvalue weighted by Crippen LogP contribution is 2.20. The third kappa shape index (κ3) is 17.6. The number of carboxylic acids is 1. The second-order valence-corrected chi connectivity index (χ2v) is 17.4. The van der Waals surface area contributed by atoms with Gasteiger partial charge in [-0.25, -0.2) is 19.4 Å². The van der Waals surface area contributed by atoms with Gasteiger partial charge in [-0.2, -0.15) is 0 Å². The lowest BCUT2D eigenvalue weighted by molar-refractivity contribution is -0.144. The molecule has 0 bridgehead atoms. The van der Waals surface area contributed by atoms with Crippen LogP contribution in [0.15, 0.2) is 73.2 Å². The molecule has 336 valence electrons. The molecule has 16 nitrogen and oxygen atoms in total. The van der Waals surface area contributed by atoms with Crippen molar-refractivity contribution in [3.05, 3.63) is 90.0 Å². The van der Waals surface area contributed by atoms with Crippen LogP contribution in [0.3, 0.4) is 0 Å². The van der Waals surface area contributed by atoms with E-state index in [2.05, 4.69) is 20.9 Å². The molecule has 1 aromatic heterocycles. The first kappa shape index (κ1) is 49.9. The van der Waals surface area contributed by atoms with E-state index in [1.54, 1.807) is 76.0 Å². The summed E-state index contributed by atoms with van der Waals surface area (Å²) in [4.78, 5) is 73.0. The minimum atomic E-state index is -1.46. The molecule has 0 aliphatic rings. The molecular formula is C45H66N6O10. The van der Waals surface area contributed by atoms with E-state index in [0.717, 1.165) is 10.5 Å². The Hall–Kier alpha value is -5.48. The molecule has 4 amide bonds. The Bertz CT molecular complexity index is 1830. The molecule has 5 atom stereocenters. The number of carboxylic acid groups (broad SMARTS) is 1. The van der Waals surface area contributed by atoms with Crippen LogP contribution in [-0.2, 0) is 55.0 Å².